The van der Waals surface area contributed by atoms with Crippen LogP contribution in [0.5, 0.6) is 5.75 Å². The molecule has 0 N–H and O–H groups in total. The van der Waals surface area contributed by atoms with Crippen molar-refractivity contribution in [2.45, 2.75) is 13.8 Å². The van der Waals surface area contributed by atoms with Gasteiger partial charge in [-0.15, -0.1) is 0 Å². The van der Waals surface area contributed by atoms with Gasteiger partial charge in [-0.1, -0.05) is 11.6 Å². The fourth-order valence-electron chi connectivity index (χ4n) is 1.27. The summed E-state index contributed by atoms with van der Waals surface area (Å²) in [5.41, 5.74) is 0. The minimum absolute atomic E-state index is 0.351. The molecule has 0 radical (unpaired) electrons. The molecule has 0 amide bonds. The molecule has 0 spiro atoms. The Kier molecular flexibility index (Phi) is 3.95. The van der Waals surface area contributed by atoms with E-state index in [0.29, 0.717) is 10.9 Å². The van der Waals surface area contributed by atoms with E-state index in [4.69, 9.17) is 16.3 Å². The van der Waals surface area contributed by atoms with E-state index >= 15 is 0 Å². The maximum Gasteiger partial charge on any atom is 0.199 e. The van der Waals surface area contributed by atoms with E-state index in [2.05, 4.69) is 28.7 Å². The zero-order valence-electron chi connectivity index (χ0n) is 8.62. The van der Waals surface area contributed by atoms with Gasteiger partial charge < -0.3 is 9.64 Å². The second kappa shape index (κ2) is 5.00. The van der Waals surface area contributed by atoms with Crippen molar-refractivity contribution in [3.05, 3.63) is 11.5 Å². The van der Waals surface area contributed by atoms with Crippen LogP contribution < -0.4 is 9.64 Å². The van der Waals surface area contributed by atoms with Gasteiger partial charge in [0.2, 0.25) is 0 Å². The van der Waals surface area contributed by atoms with Gasteiger partial charge >= 0.3 is 0 Å². The molecule has 0 aliphatic heterocycles. The zero-order valence-corrected chi connectivity index (χ0v) is 9.38. The van der Waals surface area contributed by atoms with Gasteiger partial charge in [0.1, 0.15) is 6.33 Å². The molecule has 0 atom stereocenters. The molecule has 0 aliphatic rings. The van der Waals surface area contributed by atoms with Crippen molar-refractivity contribution in [1.82, 2.24) is 9.97 Å². The van der Waals surface area contributed by atoms with Gasteiger partial charge in [-0.3, -0.25) is 0 Å². The summed E-state index contributed by atoms with van der Waals surface area (Å²) in [6, 6.07) is 0. The summed E-state index contributed by atoms with van der Waals surface area (Å²) in [5, 5.41) is 0.351. The molecule has 0 aliphatic carbocycles. The monoisotopic (exact) mass is 215 g/mol. The third-order valence-electron chi connectivity index (χ3n) is 2.01. The maximum atomic E-state index is 5.88. The van der Waals surface area contributed by atoms with E-state index in [1.54, 1.807) is 7.11 Å². The first kappa shape index (κ1) is 11.0. The highest BCUT2D eigenvalue weighted by Gasteiger charge is 2.14. The van der Waals surface area contributed by atoms with Crippen molar-refractivity contribution >= 4 is 17.4 Å². The van der Waals surface area contributed by atoms with Gasteiger partial charge in [0, 0.05) is 13.1 Å². The SMILES string of the molecule is CCN(CC)c1ncnc(Cl)c1OC. The summed E-state index contributed by atoms with van der Waals surface area (Å²) in [5.74, 6) is 1.29. The first-order valence-electron chi connectivity index (χ1n) is 4.54. The molecule has 1 aromatic heterocycles. The Bertz CT molecular complexity index is 302. The van der Waals surface area contributed by atoms with Crippen molar-refractivity contribution in [2.24, 2.45) is 0 Å². The van der Waals surface area contributed by atoms with Gasteiger partial charge in [0.25, 0.3) is 0 Å². The number of methoxy groups -OCH3 is 1. The lowest BCUT2D eigenvalue weighted by Gasteiger charge is -2.21. The van der Waals surface area contributed by atoms with Crippen LogP contribution in [0.4, 0.5) is 5.82 Å². The van der Waals surface area contributed by atoms with Crippen LogP contribution in [0.25, 0.3) is 0 Å². The van der Waals surface area contributed by atoms with Crippen LogP contribution in [0.2, 0.25) is 5.15 Å². The number of nitrogens with zero attached hydrogens (tertiary/aromatic N) is 3. The van der Waals surface area contributed by atoms with E-state index in [1.165, 1.54) is 6.33 Å². The van der Waals surface area contributed by atoms with Crippen molar-refractivity contribution in [2.75, 3.05) is 25.1 Å². The maximum absolute atomic E-state index is 5.88. The molecule has 0 aromatic carbocycles. The molecule has 1 rings (SSSR count). The zero-order chi connectivity index (χ0) is 10.6. The van der Waals surface area contributed by atoms with Crippen LogP contribution in [0.3, 0.4) is 0 Å². The van der Waals surface area contributed by atoms with Crippen LogP contribution in [0, 0.1) is 0 Å². The van der Waals surface area contributed by atoms with E-state index in [1.807, 2.05) is 0 Å². The van der Waals surface area contributed by atoms with E-state index in [9.17, 15) is 0 Å². The third-order valence-corrected chi connectivity index (χ3v) is 2.28. The molecular weight excluding hydrogens is 202 g/mol. The van der Waals surface area contributed by atoms with Crippen molar-refractivity contribution in [3.63, 3.8) is 0 Å². The molecule has 14 heavy (non-hydrogen) atoms. The number of anilines is 1. The van der Waals surface area contributed by atoms with Crippen molar-refractivity contribution in [3.8, 4) is 5.75 Å². The first-order chi connectivity index (χ1) is 6.74. The molecule has 4 nitrogen and oxygen atoms in total. The van der Waals surface area contributed by atoms with Gasteiger partial charge in [0.05, 0.1) is 7.11 Å². The summed E-state index contributed by atoms with van der Waals surface area (Å²) in [6.07, 6.45) is 1.44. The van der Waals surface area contributed by atoms with Crippen molar-refractivity contribution in [1.29, 1.82) is 0 Å². The first-order valence-corrected chi connectivity index (χ1v) is 4.91. The van der Waals surface area contributed by atoms with Crippen LogP contribution in [0.1, 0.15) is 13.8 Å². The normalized spacial score (nSPS) is 10.0. The number of rotatable bonds is 4. The van der Waals surface area contributed by atoms with Crippen LogP contribution >= 0.6 is 11.6 Å². The number of ether oxygens (including phenoxy) is 1. The third kappa shape index (κ3) is 2.07. The molecule has 1 heterocycles. The smallest absolute Gasteiger partial charge is 0.199 e. The van der Waals surface area contributed by atoms with E-state index in [0.717, 1.165) is 18.9 Å². The fraction of sp³-hybridized carbons (Fsp3) is 0.556. The van der Waals surface area contributed by atoms with Crippen LogP contribution in [0.15, 0.2) is 6.33 Å². The number of hydrogen-bond acceptors (Lipinski definition) is 4. The standard InChI is InChI=1S/C9H14ClN3O/c1-4-13(5-2)9-7(14-3)8(10)11-6-12-9/h6H,4-5H2,1-3H3. The predicted octanol–water partition coefficient (Wildman–Crippen LogP) is 1.98. The Morgan fingerprint density at radius 2 is 2.00 bits per heavy atom. The van der Waals surface area contributed by atoms with Crippen molar-refractivity contribution < 1.29 is 4.74 Å². The molecule has 5 heteroatoms. The highest BCUT2D eigenvalue weighted by Crippen LogP contribution is 2.30. The molecule has 0 unspecified atom stereocenters. The quantitative estimate of drug-likeness (QED) is 0.720. The highest BCUT2D eigenvalue weighted by molar-refractivity contribution is 6.31. The number of aromatic nitrogens is 2. The summed E-state index contributed by atoms with van der Waals surface area (Å²) in [7, 11) is 1.57. The Morgan fingerprint density at radius 3 is 2.50 bits per heavy atom. The lowest BCUT2D eigenvalue weighted by atomic mass is 10.4. The Morgan fingerprint density at radius 1 is 1.36 bits per heavy atom. The molecule has 0 saturated carbocycles. The summed E-state index contributed by atoms with van der Waals surface area (Å²) >= 11 is 5.88. The van der Waals surface area contributed by atoms with Gasteiger partial charge in [0.15, 0.2) is 16.7 Å². The predicted molar refractivity (Wildman–Crippen MR) is 57.2 cm³/mol. The average Bonchev–Trinajstić information content (AvgIpc) is 2.20. The minimum atomic E-state index is 0.351. The molecule has 78 valence electrons. The number of halogens is 1. The summed E-state index contributed by atoms with van der Waals surface area (Å²) < 4.78 is 5.16. The number of hydrogen-bond donors (Lipinski definition) is 0. The van der Waals surface area contributed by atoms with Gasteiger partial charge in [-0.05, 0) is 13.8 Å². The molecule has 0 bridgehead atoms. The van der Waals surface area contributed by atoms with E-state index < -0.39 is 0 Å². The molecule has 1 aromatic rings. The topological polar surface area (TPSA) is 38.2 Å². The second-order valence-electron chi connectivity index (χ2n) is 2.69. The van der Waals surface area contributed by atoms with E-state index in [-0.39, 0.29) is 0 Å². The molecule has 0 saturated heterocycles. The Labute approximate surface area is 88.9 Å². The largest absolute Gasteiger partial charge is 0.490 e. The van der Waals surface area contributed by atoms with Gasteiger partial charge in [-0.25, -0.2) is 9.97 Å². The second-order valence-corrected chi connectivity index (χ2v) is 3.05. The van der Waals surface area contributed by atoms with Crippen LogP contribution in [-0.2, 0) is 0 Å². The Balaban J connectivity index is 3.11. The highest BCUT2D eigenvalue weighted by atomic mass is 35.5. The summed E-state index contributed by atoms with van der Waals surface area (Å²) in [6.45, 7) is 5.83. The lowest BCUT2D eigenvalue weighted by Crippen LogP contribution is -2.23. The lowest BCUT2D eigenvalue weighted by molar-refractivity contribution is 0.410. The average molecular weight is 216 g/mol. The minimum Gasteiger partial charge on any atom is -0.490 e. The van der Waals surface area contributed by atoms with Crippen LogP contribution in [-0.4, -0.2) is 30.2 Å². The Hall–Kier alpha value is -1.03. The molecular formula is C9H14ClN3O. The molecule has 0 fully saturated rings. The summed E-state index contributed by atoms with van der Waals surface area (Å²) in [4.78, 5) is 10.1. The fourth-order valence-corrected chi connectivity index (χ4v) is 1.47. The van der Waals surface area contributed by atoms with Gasteiger partial charge in [-0.2, -0.15) is 0 Å².